The Bertz CT molecular complexity index is 412. The molecule has 1 aromatic rings. The highest BCUT2D eigenvalue weighted by Gasteiger charge is 2.24. The minimum Gasteiger partial charge on any atom is -0.380 e. The number of aliphatic hydroxyl groups is 1. The number of carbonyl (C=O) groups is 1. The molecule has 0 aliphatic carbocycles. The number of para-hydroxylation sites is 1. The van der Waals surface area contributed by atoms with Gasteiger partial charge in [0.15, 0.2) is 0 Å². The molecule has 1 amide bonds. The summed E-state index contributed by atoms with van der Waals surface area (Å²) < 4.78 is 0. The van der Waals surface area contributed by atoms with E-state index in [1.807, 2.05) is 12.1 Å². The van der Waals surface area contributed by atoms with Gasteiger partial charge in [-0.25, -0.2) is 4.99 Å². The molecule has 1 atom stereocenters. The van der Waals surface area contributed by atoms with Crippen LogP contribution in [0.4, 0.5) is 5.69 Å². The number of carbonyl (C=O) groups excluding carboxylic acids is 1. The molecule has 1 aliphatic rings. The molecule has 0 radical (unpaired) electrons. The highest BCUT2D eigenvalue weighted by Crippen LogP contribution is 2.32. The minimum absolute atomic E-state index is 0.226. The lowest BCUT2D eigenvalue weighted by atomic mass is 10.1. The first kappa shape index (κ1) is 8.90. The standard InChI is InChI=1S/C10H10N2O2/c1-6(13)11-10-9(14)7-4-2-3-5-8(7)12-10/h2-5,9,14H,1H3,(H,11,12,13)/t9-/m0/s1. The van der Waals surface area contributed by atoms with Gasteiger partial charge < -0.3 is 10.4 Å². The maximum Gasteiger partial charge on any atom is 0.222 e. The Hall–Kier alpha value is -1.68. The summed E-state index contributed by atoms with van der Waals surface area (Å²) >= 11 is 0. The second-order valence-electron chi connectivity index (χ2n) is 3.14. The second-order valence-corrected chi connectivity index (χ2v) is 3.14. The zero-order valence-electron chi connectivity index (χ0n) is 7.69. The number of hydrogen-bond acceptors (Lipinski definition) is 3. The minimum atomic E-state index is -0.810. The van der Waals surface area contributed by atoms with Crippen LogP contribution in [0.25, 0.3) is 0 Å². The number of benzene rings is 1. The summed E-state index contributed by atoms with van der Waals surface area (Å²) in [7, 11) is 0. The van der Waals surface area contributed by atoms with Crippen molar-refractivity contribution in [3.05, 3.63) is 29.8 Å². The van der Waals surface area contributed by atoms with E-state index in [1.54, 1.807) is 12.1 Å². The van der Waals surface area contributed by atoms with Crippen LogP contribution in [0.15, 0.2) is 29.3 Å². The molecule has 4 heteroatoms. The van der Waals surface area contributed by atoms with Gasteiger partial charge in [-0.1, -0.05) is 18.2 Å². The van der Waals surface area contributed by atoms with Gasteiger partial charge in [-0.05, 0) is 6.07 Å². The van der Waals surface area contributed by atoms with Crippen molar-refractivity contribution in [1.82, 2.24) is 5.32 Å². The molecule has 1 aliphatic heterocycles. The molecule has 4 nitrogen and oxygen atoms in total. The lowest BCUT2D eigenvalue weighted by Crippen LogP contribution is -2.30. The summed E-state index contributed by atoms with van der Waals surface area (Å²) in [6, 6.07) is 7.26. The van der Waals surface area contributed by atoms with Crippen molar-refractivity contribution in [2.45, 2.75) is 13.0 Å². The van der Waals surface area contributed by atoms with Gasteiger partial charge in [0.05, 0.1) is 5.69 Å². The van der Waals surface area contributed by atoms with E-state index in [9.17, 15) is 9.90 Å². The number of nitrogens with one attached hydrogen (secondary N) is 1. The largest absolute Gasteiger partial charge is 0.380 e. The first-order valence-electron chi connectivity index (χ1n) is 4.31. The number of amides is 1. The van der Waals surface area contributed by atoms with E-state index in [2.05, 4.69) is 10.3 Å². The third kappa shape index (κ3) is 1.40. The number of aliphatic hydroxyl groups excluding tert-OH is 1. The molecule has 0 aromatic heterocycles. The van der Waals surface area contributed by atoms with Crippen LogP contribution in [0, 0.1) is 0 Å². The molecule has 2 rings (SSSR count). The van der Waals surface area contributed by atoms with Crippen LogP contribution in [-0.2, 0) is 4.79 Å². The lowest BCUT2D eigenvalue weighted by molar-refractivity contribution is -0.117. The Morgan fingerprint density at radius 2 is 2.21 bits per heavy atom. The van der Waals surface area contributed by atoms with Crippen LogP contribution < -0.4 is 5.32 Å². The Kier molecular flexibility index (Phi) is 2.05. The summed E-state index contributed by atoms with van der Waals surface area (Å²) in [4.78, 5) is 14.9. The predicted molar refractivity (Wildman–Crippen MR) is 52.3 cm³/mol. The number of nitrogens with zero attached hydrogens (tertiary/aromatic N) is 1. The maximum absolute atomic E-state index is 10.8. The van der Waals surface area contributed by atoms with Gasteiger partial charge in [0.1, 0.15) is 11.9 Å². The van der Waals surface area contributed by atoms with Crippen molar-refractivity contribution >= 4 is 17.4 Å². The van der Waals surface area contributed by atoms with E-state index in [1.165, 1.54) is 6.92 Å². The summed E-state index contributed by atoms with van der Waals surface area (Å²) in [5.41, 5.74) is 1.44. The highest BCUT2D eigenvalue weighted by molar-refractivity contribution is 6.04. The number of aliphatic imine (C=N–C) groups is 1. The van der Waals surface area contributed by atoms with Gasteiger partial charge in [-0.15, -0.1) is 0 Å². The number of rotatable bonds is 0. The van der Waals surface area contributed by atoms with E-state index in [4.69, 9.17) is 0 Å². The third-order valence-electron chi connectivity index (χ3n) is 2.04. The Labute approximate surface area is 81.3 Å². The monoisotopic (exact) mass is 190 g/mol. The molecule has 0 saturated carbocycles. The molecule has 1 aromatic carbocycles. The quantitative estimate of drug-likeness (QED) is 0.638. The summed E-state index contributed by atoms with van der Waals surface area (Å²) in [5.74, 6) is 0.0781. The number of amidine groups is 1. The van der Waals surface area contributed by atoms with E-state index < -0.39 is 6.10 Å². The van der Waals surface area contributed by atoms with Crippen molar-refractivity contribution in [3.8, 4) is 0 Å². The molecule has 0 bridgehead atoms. The SMILES string of the molecule is CC(=O)NC1=Nc2ccccc2[C@@H]1O. The lowest BCUT2D eigenvalue weighted by Gasteiger charge is -2.06. The third-order valence-corrected chi connectivity index (χ3v) is 2.04. The normalized spacial score (nSPS) is 18.7. The van der Waals surface area contributed by atoms with Crippen molar-refractivity contribution in [2.24, 2.45) is 4.99 Å². The fraction of sp³-hybridized carbons (Fsp3) is 0.200. The van der Waals surface area contributed by atoms with Crippen LogP contribution in [0.2, 0.25) is 0 Å². The number of fused-ring (bicyclic) bond motifs is 1. The zero-order chi connectivity index (χ0) is 10.1. The fourth-order valence-electron chi connectivity index (χ4n) is 1.44. The van der Waals surface area contributed by atoms with Crippen molar-refractivity contribution in [1.29, 1.82) is 0 Å². The summed E-state index contributed by atoms with van der Waals surface area (Å²) in [6.45, 7) is 1.39. The van der Waals surface area contributed by atoms with Gasteiger partial charge in [-0.3, -0.25) is 4.79 Å². The molecule has 0 spiro atoms. The van der Waals surface area contributed by atoms with E-state index in [0.29, 0.717) is 11.5 Å². The van der Waals surface area contributed by atoms with Crippen LogP contribution >= 0.6 is 0 Å². The Morgan fingerprint density at radius 1 is 1.50 bits per heavy atom. The maximum atomic E-state index is 10.8. The van der Waals surface area contributed by atoms with Gasteiger partial charge in [0, 0.05) is 12.5 Å². The van der Waals surface area contributed by atoms with Crippen LogP contribution in [0.3, 0.4) is 0 Å². The number of hydrogen-bond donors (Lipinski definition) is 2. The molecule has 14 heavy (non-hydrogen) atoms. The van der Waals surface area contributed by atoms with Gasteiger partial charge in [0.2, 0.25) is 5.91 Å². The van der Waals surface area contributed by atoms with Crippen molar-refractivity contribution < 1.29 is 9.90 Å². The smallest absolute Gasteiger partial charge is 0.222 e. The first-order chi connectivity index (χ1) is 6.68. The first-order valence-corrected chi connectivity index (χ1v) is 4.31. The Morgan fingerprint density at radius 3 is 2.86 bits per heavy atom. The predicted octanol–water partition coefficient (Wildman–Crippen LogP) is 0.900. The van der Waals surface area contributed by atoms with E-state index >= 15 is 0 Å². The van der Waals surface area contributed by atoms with Crippen LogP contribution in [0.5, 0.6) is 0 Å². The molecular formula is C10H10N2O2. The molecule has 0 fully saturated rings. The van der Waals surface area contributed by atoms with E-state index in [0.717, 1.165) is 5.56 Å². The fourth-order valence-corrected chi connectivity index (χ4v) is 1.44. The van der Waals surface area contributed by atoms with E-state index in [-0.39, 0.29) is 5.91 Å². The molecule has 72 valence electrons. The summed E-state index contributed by atoms with van der Waals surface area (Å²) in [5, 5.41) is 12.2. The average Bonchev–Trinajstić information content (AvgIpc) is 2.44. The Balaban J connectivity index is 2.32. The molecule has 1 heterocycles. The average molecular weight is 190 g/mol. The second kappa shape index (κ2) is 3.23. The van der Waals surface area contributed by atoms with Gasteiger partial charge in [-0.2, -0.15) is 0 Å². The highest BCUT2D eigenvalue weighted by atomic mass is 16.3. The van der Waals surface area contributed by atoms with Gasteiger partial charge >= 0.3 is 0 Å². The van der Waals surface area contributed by atoms with Crippen molar-refractivity contribution in [3.63, 3.8) is 0 Å². The van der Waals surface area contributed by atoms with Crippen molar-refractivity contribution in [2.75, 3.05) is 0 Å². The molecular weight excluding hydrogens is 180 g/mol. The molecule has 2 N–H and O–H groups in total. The topological polar surface area (TPSA) is 61.7 Å². The molecule has 0 unspecified atom stereocenters. The molecule has 0 saturated heterocycles. The van der Waals surface area contributed by atoms with Crippen LogP contribution in [0.1, 0.15) is 18.6 Å². The van der Waals surface area contributed by atoms with Crippen LogP contribution in [-0.4, -0.2) is 16.8 Å². The summed E-state index contributed by atoms with van der Waals surface area (Å²) in [6.07, 6.45) is -0.810. The zero-order valence-corrected chi connectivity index (χ0v) is 7.69. The van der Waals surface area contributed by atoms with Gasteiger partial charge in [0.25, 0.3) is 0 Å².